The molecule has 0 bridgehead atoms. The van der Waals surface area contributed by atoms with Crippen LogP contribution in [0.4, 0.5) is 0 Å². The molecule has 0 spiro atoms. The standard InChI is InChI=1S/C7H6ClN2O3S/c8-5-3-4(10(12)13)6(11)7-9(5)1-2-14-7/h1-2,4,7H,3H2/q+1. The number of hydrogen-bond acceptors (Lipinski definition) is 4. The number of rotatable bonds is 1. The predicted octanol–water partition coefficient (Wildman–Crippen LogP) is 0.798. The molecular formula is C7H6ClN2O3S+. The van der Waals surface area contributed by atoms with Gasteiger partial charge in [-0.3, -0.25) is 14.9 Å². The van der Waals surface area contributed by atoms with Crippen LogP contribution >= 0.6 is 23.4 Å². The van der Waals surface area contributed by atoms with E-state index in [1.807, 2.05) is 0 Å². The third-order valence-corrected chi connectivity index (χ3v) is 3.50. The van der Waals surface area contributed by atoms with E-state index in [1.165, 1.54) is 11.8 Å². The third-order valence-electron chi connectivity index (χ3n) is 2.15. The van der Waals surface area contributed by atoms with E-state index >= 15 is 0 Å². The Kier molecular flexibility index (Phi) is 2.32. The second-order valence-electron chi connectivity index (χ2n) is 2.96. The van der Waals surface area contributed by atoms with Crippen LogP contribution in [0.25, 0.3) is 0 Å². The topological polar surface area (TPSA) is 63.2 Å². The zero-order valence-electron chi connectivity index (χ0n) is 6.92. The molecule has 14 heavy (non-hydrogen) atoms. The molecule has 2 atom stereocenters. The largest absolute Gasteiger partial charge is 0.289 e. The molecule has 2 rings (SSSR count). The lowest BCUT2D eigenvalue weighted by Crippen LogP contribution is -2.46. The van der Waals surface area contributed by atoms with Crippen LogP contribution in [0.1, 0.15) is 6.42 Å². The summed E-state index contributed by atoms with van der Waals surface area (Å²) in [5, 5.41) is 12.1. The van der Waals surface area contributed by atoms with Crippen molar-refractivity contribution in [1.82, 2.24) is 0 Å². The second-order valence-corrected chi connectivity index (χ2v) is 4.39. The maximum atomic E-state index is 11.6. The molecule has 0 saturated heterocycles. The summed E-state index contributed by atoms with van der Waals surface area (Å²) in [5.74, 6) is -0.380. The Morgan fingerprint density at radius 2 is 2.43 bits per heavy atom. The Hall–Kier alpha value is -0.880. The lowest BCUT2D eigenvalue weighted by atomic mass is 10.1. The lowest BCUT2D eigenvalue weighted by molar-refractivity contribution is -0.524. The Morgan fingerprint density at radius 1 is 1.71 bits per heavy atom. The van der Waals surface area contributed by atoms with Gasteiger partial charge in [-0.05, 0) is 23.4 Å². The fraction of sp³-hybridized carbons (Fsp3) is 0.429. The second kappa shape index (κ2) is 3.36. The number of ketones is 1. The van der Waals surface area contributed by atoms with Crippen molar-refractivity contribution in [3.05, 3.63) is 21.7 Å². The number of hydrogen-bond donors (Lipinski definition) is 0. The highest BCUT2D eigenvalue weighted by Gasteiger charge is 2.50. The van der Waals surface area contributed by atoms with Crippen molar-refractivity contribution >= 4 is 34.3 Å². The highest BCUT2D eigenvalue weighted by Crippen LogP contribution is 2.29. The molecular weight excluding hydrogens is 228 g/mol. The SMILES string of the molecule is O=C1C([N+](=O)[O-])CC(Cl)=[N+]2C=CSC12. The minimum absolute atomic E-state index is 0.00517. The Balaban J connectivity index is 2.36. The summed E-state index contributed by atoms with van der Waals surface area (Å²) in [6.07, 6.45) is 1.67. The van der Waals surface area contributed by atoms with E-state index in [0.29, 0.717) is 5.17 Å². The molecule has 0 N–H and O–H groups in total. The van der Waals surface area contributed by atoms with Crippen LogP contribution in [0.15, 0.2) is 11.6 Å². The molecule has 2 aliphatic heterocycles. The number of carbonyl (C=O) groups is 1. The summed E-state index contributed by atoms with van der Waals surface area (Å²) in [6, 6.07) is -1.18. The van der Waals surface area contributed by atoms with Gasteiger partial charge in [0.2, 0.25) is 0 Å². The minimum atomic E-state index is -1.18. The molecule has 5 nitrogen and oxygen atoms in total. The van der Waals surface area contributed by atoms with E-state index < -0.39 is 16.3 Å². The van der Waals surface area contributed by atoms with Gasteiger partial charge in [0, 0.05) is 10.3 Å². The summed E-state index contributed by atoms with van der Waals surface area (Å²) in [4.78, 5) is 21.6. The fourth-order valence-electron chi connectivity index (χ4n) is 1.44. The van der Waals surface area contributed by atoms with Crippen LogP contribution < -0.4 is 0 Å². The van der Waals surface area contributed by atoms with Crippen LogP contribution in [0.3, 0.4) is 0 Å². The molecule has 0 aromatic carbocycles. The van der Waals surface area contributed by atoms with Crippen LogP contribution in [-0.4, -0.2) is 31.9 Å². The van der Waals surface area contributed by atoms with Gasteiger partial charge in [-0.15, -0.1) is 0 Å². The van der Waals surface area contributed by atoms with Gasteiger partial charge in [0.1, 0.15) is 6.42 Å². The quantitative estimate of drug-likeness (QED) is 0.382. The van der Waals surface area contributed by atoms with Gasteiger partial charge in [0.05, 0.1) is 0 Å². The molecule has 2 unspecified atom stereocenters. The van der Waals surface area contributed by atoms with E-state index in [4.69, 9.17) is 11.6 Å². The smallest absolute Gasteiger partial charge is 0.283 e. The van der Waals surface area contributed by atoms with E-state index in [-0.39, 0.29) is 12.2 Å². The monoisotopic (exact) mass is 233 g/mol. The van der Waals surface area contributed by atoms with Gasteiger partial charge < -0.3 is 0 Å². The van der Waals surface area contributed by atoms with Crippen LogP contribution in [0.5, 0.6) is 0 Å². The molecule has 7 heteroatoms. The van der Waals surface area contributed by atoms with Gasteiger partial charge >= 0.3 is 0 Å². The van der Waals surface area contributed by atoms with Gasteiger partial charge in [0.25, 0.3) is 22.4 Å². The molecule has 74 valence electrons. The van der Waals surface area contributed by atoms with Crippen molar-refractivity contribution in [2.24, 2.45) is 0 Å². The summed E-state index contributed by atoms with van der Waals surface area (Å²) in [7, 11) is 0. The van der Waals surface area contributed by atoms with Crippen molar-refractivity contribution in [2.45, 2.75) is 17.8 Å². The Labute approximate surface area is 88.6 Å². The van der Waals surface area contributed by atoms with Gasteiger partial charge in [-0.1, -0.05) is 0 Å². The molecule has 2 heterocycles. The maximum Gasteiger partial charge on any atom is 0.289 e. The number of halogens is 1. The number of thioether (sulfide) groups is 1. The van der Waals surface area contributed by atoms with Crippen LogP contribution in [-0.2, 0) is 4.79 Å². The normalized spacial score (nSPS) is 30.8. The zero-order valence-corrected chi connectivity index (χ0v) is 8.49. The molecule has 0 saturated carbocycles. The molecule has 0 fully saturated rings. The Morgan fingerprint density at radius 3 is 3.07 bits per heavy atom. The van der Waals surface area contributed by atoms with Crippen molar-refractivity contribution in [1.29, 1.82) is 0 Å². The predicted molar refractivity (Wildman–Crippen MR) is 52.0 cm³/mol. The number of nitro groups is 1. The number of Topliss-reactive ketones (excluding diaryl/α,β-unsaturated/α-hetero) is 1. The van der Waals surface area contributed by atoms with Crippen molar-refractivity contribution in [3.63, 3.8) is 0 Å². The number of nitrogens with zero attached hydrogens (tertiary/aromatic N) is 2. The van der Waals surface area contributed by atoms with Crippen molar-refractivity contribution in [3.8, 4) is 0 Å². The molecule has 0 aliphatic carbocycles. The minimum Gasteiger partial charge on any atom is -0.283 e. The molecule has 2 aliphatic rings. The lowest BCUT2D eigenvalue weighted by Gasteiger charge is -2.14. The van der Waals surface area contributed by atoms with Crippen molar-refractivity contribution in [2.75, 3.05) is 0 Å². The Bertz CT molecular complexity index is 379. The average Bonchev–Trinajstić information content (AvgIpc) is 2.59. The maximum absolute atomic E-state index is 11.6. The van der Waals surface area contributed by atoms with E-state index in [9.17, 15) is 14.9 Å². The summed E-state index contributed by atoms with van der Waals surface area (Å²) in [5.41, 5.74) is 0. The first kappa shape index (κ1) is 9.67. The van der Waals surface area contributed by atoms with Crippen LogP contribution in [0.2, 0.25) is 0 Å². The fourth-order valence-corrected chi connectivity index (χ4v) is 2.77. The van der Waals surface area contributed by atoms with E-state index in [1.54, 1.807) is 16.2 Å². The molecule has 0 radical (unpaired) electrons. The molecule has 0 aromatic heterocycles. The highest BCUT2D eigenvalue weighted by molar-refractivity contribution is 8.03. The van der Waals surface area contributed by atoms with E-state index in [0.717, 1.165) is 0 Å². The first-order valence-corrected chi connectivity index (χ1v) is 5.22. The van der Waals surface area contributed by atoms with Gasteiger partial charge in [0.15, 0.2) is 6.20 Å². The molecule has 0 aromatic rings. The molecule has 0 amide bonds. The zero-order chi connectivity index (χ0) is 10.3. The highest BCUT2D eigenvalue weighted by atomic mass is 35.5. The first-order valence-electron chi connectivity index (χ1n) is 3.90. The third kappa shape index (κ3) is 1.34. The van der Waals surface area contributed by atoms with Gasteiger partial charge in [-0.2, -0.15) is 4.58 Å². The van der Waals surface area contributed by atoms with Gasteiger partial charge in [-0.25, -0.2) is 0 Å². The summed E-state index contributed by atoms with van der Waals surface area (Å²) in [6.45, 7) is 0. The number of fused-ring (bicyclic) bond motifs is 1. The van der Waals surface area contributed by atoms with Crippen LogP contribution in [0, 0.1) is 10.1 Å². The summed E-state index contributed by atoms with van der Waals surface area (Å²) < 4.78 is 1.58. The van der Waals surface area contributed by atoms with E-state index in [2.05, 4.69) is 0 Å². The number of carbonyl (C=O) groups excluding carboxylic acids is 1. The first-order chi connectivity index (χ1) is 6.61. The summed E-state index contributed by atoms with van der Waals surface area (Å²) >= 11 is 7.09. The van der Waals surface area contributed by atoms with Crippen molar-refractivity contribution < 1.29 is 14.3 Å². The average molecular weight is 234 g/mol.